The number of rotatable bonds is 3. The molecule has 4 rings (SSSR count). The van der Waals surface area contributed by atoms with E-state index in [-0.39, 0.29) is 18.1 Å². The van der Waals surface area contributed by atoms with Crippen LogP contribution < -0.4 is 0 Å². The molecule has 1 amide bonds. The Morgan fingerprint density at radius 3 is 2.85 bits per heavy atom. The lowest BCUT2D eigenvalue weighted by Gasteiger charge is -2.30. The highest BCUT2D eigenvalue weighted by Gasteiger charge is 2.38. The number of hydrogen-bond donors (Lipinski definition) is 1. The number of aromatic nitrogens is 4. The molecule has 2 aliphatic heterocycles. The highest BCUT2D eigenvalue weighted by molar-refractivity contribution is 5.92. The number of carbonyl (C=O) groups is 1. The second-order valence-corrected chi connectivity index (χ2v) is 7.37. The van der Waals surface area contributed by atoms with Crippen molar-refractivity contribution in [2.45, 2.75) is 58.5 Å². The van der Waals surface area contributed by atoms with E-state index in [4.69, 9.17) is 4.52 Å². The lowest BCUT2D eigenvalue weighted by molar-refractivity contribution is 0.0693. The molecule has 1 saturated heterocycles. The number of fused-ring (bicyclic) bond motifs is 1. The predicted octanol–water partition coefficient (Wildman–Crippen LogP) is 0.747. The van der Waals surface area contributed by atoms with Gasteiger partial charge in [-0.15, -0.1) is 10.2 Å². The van der Waals surface area contributed by atoms with Crippen LogP contribution in [0.3, 0.4) is 0 Å². The van der Waals surface area contributed by atoms with E-state index in [1.807, 2.05) is 0 Å². The van der Waals surface area contributed by atoms with Crippen LogP contribution in [0.2, 0.25) is 0 Å². The molecular weight excluding hydrogens is 336 g/mol. The smallest absolute Gasteiger partial charge is 0.276 e. The number of β-amino-alcohol motifs (C(OH)–C–C–N with tert-alkyl or cyclic N) is 1. The SMILES string of the molecule is Cc1cc(C(=O)N2CCn3c(nnc3[C@@H]3C[C@H](O)CN3C(C)C)C2)no1. The molecule has 2 aromatic heterocycles. The van der Waals surface area contributed by atoms with Gasteiger partial charge in [0, 0.05) is 31.7 Å². The van der Waals surface area contributed by atoms with E-state index in [0.29, 0.717) is 50.1 Å². The Morgan fingerprint density at radius 2 is 2.15 bits per heavy atom. The Kier molecular flexibility index (Phi) is 4.28. The van der Waals surface area contributed by atoms with Crippen LogP contribution in [0.5, 0.6) is 0 Å². The van der Waals surface area contributed by atoms with Crippen molar-refractivity contribution in [2.24, 2.45) is 0 Å². The molecule has 26 heavy (non-hydrogen) atoms. The van der Waals surface area contributed by atoms with Gasteiger partial charge >= 0.3 is 0 Å². The van der Waals surface area contributed by atoms with Crippen LogP contribution in [0.1, 0.15) is 54.2 Å². The number of amides is 1. The lowest BCUT2D eigenvalue weighted by Crippen LogP contribution is -2.40. The maximum absolute atomic E-state index is 12.6. The Bertz CT molecular complexity index is 813. The normalized spacial score (nSPS) is 23.7. The Balaban J connectivity index is 1.54. The van der Waals surface area contributed by atoms with Gasteiger partial charge in [-0.2, -0.15) is 0 Å². The third-order valence-electron chi connectivity index (χ3n) is 5.19. The molecule has 1 fully saturated rings. The van der Waals surface area contributed by atoms with Crippen molar-refractivity contribution in [3.05, 3.63) is 29.2 Å². The van der Waals surface area contributed by atoms with Gasteiger partial charge in [0.2, 0.25) is 0 Å². The largest absolute Gasteiger partial charge is 0.392 e. The van der Waals surface area contributed by atoms with Crippen molar-refractivity contribution >= 4 is 5.91 Å². The van der Waals surface area contributed by atoms with Crippen molar-refractivity contribution < 1.29 is 14.4 Å². The molecule has 2 aliphatic rings. The van der Waals surface area contributed by atoms with Crippen LogP contribution in [0, 0.1) is 6.92 Å². The summed E-state index contributed by atoms with van der Waals surface area (Å²) in [5.41, 5.74) is 0.320. The molecule has 0 unspecified atom stereocenters. The summed E-state index contributed by atoms with van der Waals surface area (Å²) in [7, 11) is 0. The zero-order chi connectivity index (χ0) is 18.4. The summed E-state index contributed by atoms with van der Waals surface area (Å²) in [6.45, 7) is 8.27. The van der Waals surface area contributed by atoms with Crippen molar-refractivity contribution in [3.63, 3.8) is 0 Å². The van der Waals surface area contributed by atoms with Gasteiger partial charge in [-0.25, -0.2) is 0 Å². The van der Waals surface area contributed by atoms with E-state index in [0.717, 1.165) is 11.6 Å². The highest BCUT2D eigenvalue weighted by atomic mass is 16.5. The molecule has 4 heterocycles. The molecule has 2 aromatic rings. The molecule has 0 radical (unpaired) electrons. The van der Waals surface area contributed by atoms with Gasteiger partial charge in [0.1, 0.15) is 5.76 Å². The monoisotopic (exact) mass is 360 g/mol. The zero-order valence-electron chi connectivity index (χ0n) is 15.3. The fourth-order valence-electron chi connectivity index (χ4n) is 3.89. The molecule has 0 aromatic carbocycles. The summed E-state index contributed by atoms with van der Waals surface area (Å²) < 4.78 is 7.10. The van der Waals surface area contributed by atoms with Crippen LogP contribution in [0.4, 0.5) is 0 Å². The Morgan fingerprint density at radius 1 is 1.35 bits per heavy atom. The third kappa shape index (κ3) is 2.90. The van der Waals surface area contributed by atoms with Gasteiger partial charge in [0.05, 0.1) is 18.7 Å². The second kappa shape index (κ2) is 6.48. The minimum atomic E-state index is -0.340. The molecular formula is C17H24N6O3. The second-order valence-electron chi connectivity index (χ2n) is 7.37. The Hall–Kier alpha value is -2.26. The fraction of sp³-hybridized carbons (Fsp3) is 0.647. The first-order chi connectivity index (χ1) is 12.4. The molecule has 140 valence electrons. The number of aryl methyl sites for hydroxylation is 1. The molecule has 0 bridgehead atoms. The minimum Gasteiger partial charge on any atom is -0.392 e. The maximum atomic E-state index is 12.6. The topological polar surface area (TPSA) is 101 Å². The van der Waals surface area contributed by atoms with E-state index < -0.39 is 0 Å². The average Bonchev–Trinajstić information content (AvgIpc) is 3.31. The van der Waals surface area contributed by atoms with Gasteiger partial charge < -0.3 is 19.1 Å². The van der Waals surface area contributed by atoms with Crippen molar-refractivity contribution in [3.8, 4) is 0 Å². The highest BCUT2D eigenvalue weighted by Crippen LogP contribution is 2.33. The average molecular weight is 360 g/mol. The first-order valence-electron chi connectivity index (χ1n) is 9.02. The van der Waals surface area contributed by atoms with Gasteiger partial charge in [-0.1, -0.05) is 5.16 Å². The molecule has 0 saturated carbocycles. The number of nitrogens with zero attached hydrogens (tertiary/aromatic N) is 6. The third-order valence-corrected chi connectivity index (χ3v) is 5.19. The van der Waals surface area contributed by atoms with Gasteiger partial charge in [-0.3, -0.25) is 9.69 Å². The molecule has 9 nitrogen and oxygen atoms in total. The van der Waals surface area contributed by atoms with Crippen LogP contribution in [0.25, 0.3) is 0 Å². The van der Waals surface area contributed by atoms with Crippen molar-refractivity contribution in [2.75, 3.05) is 13.1 Å². The number of aliphatic hydroxyl groups excluding tert-OH is 1. The lowest BCUT2D eigenvalue weighted by atomic mass is 10.1. The van der Waals surface area contributed by atoms with Crippen LogP contribution >= 0.6 is 0 Å². The van der Waals surface area contributed by atoms with E-state index in [1.54, 1.807) is 17.9 Å². The van der Waals surface area contributed by atoms with Crippen LogP contribution in [0.15, 0.2) is 10.6 Å². The maximum Gasteiger partial charge on any atom is 0.276 e. The number of hydrogen-bond acceptors (Lipinski definition) is 7. The first-order valence-corrected chi connectivity index (χ1v) is 9.02. The standard InChI is InChI=1S/C17H24N6O3/c1-10(2)23-8-12(24)7-14(23)16-19-18-15-9-21(4-5-22(15)16)17(25)13-6-11(3)26-20-13/h6,10,12,14,24H,4-5,7-9H2,1-3H3/t12-,14-/m0/s1. The van der Waals surface area contributed by atoms with Crippen molar-refractivity contribution in [1.29, 1.82) is 0 Å². The fourth-order valence-corrected chi connectivity index (χ4v) is 3.89. The minimum absolute atomic E-state index is 0.0618. The summed E-state index contributed by atoms with van der Waals surface area (Å²) in [6.07, 6.45) is 0.324. The predicted molar refractivity (Wildman–Crippen MR) is 91.2 cm³/mol. The van der Waals surface area contributed by atoms with Crippen molar-refractivity contribution in [1.82, 2.24) is 29.7 Å². The summed E-state index contributed by atoms with van der Waals surface area (Å²) in [4.78, 5) is 16.6. The van der Waals surface area contributed by atoms with Gasteiger partial charge in [0.25, 0.3) is 5.91 Å². The summed E-state index contributed by atoms with van der Waals surface area (Å²) in [5.74, 6) is 2.11. The number of likely N-dealkylation sites (tertiary alicyclic amines) is 1. The van der Waals surface area contributed by atoms with Gasteiger partial charge in [-0.05, 0) is 27.2 Å². The molecule has 9 heteroatoms. The number of aliphatic hydroxyl groups is 1. The van der Waals surface area contributed by atoms with Gasteiger partial charge in [0.15, 0.2) is 17.3 Å². The van der Waals surface area contributed by atoms with E-state index in [1.165, 1.54) is 0 Å². The Labute approximate surface area is 151 Å². The van der Waals surface area contributed by atoms with E-state index >= 15 is 0 Å². The van der Waals surface area contributed by atoms with Crippen LogP contribution in [-0.4, -0.2) is 66.0 Å². The summed E-state index contributed by atoms with van der Waals surface area (Å²) in [5, 5.41) is 22.6. The molecule has 1 N–H and O–H groups in total. The summed E-state index contributed by atoms with van der Waals surface area (Å²) >= 11 is 0. The number of carbonyl (C=O) groups excluding carboxylic acids is 1. The quantitative estimate of drug-likeness (QED) is 0.862. The first kappa shape index (κ1) is 17.2. The molecule has 0 spiro atoms. The van der Waals surface area contributed by atoms with Crippen LogP contribution in [-0.2, 0) is 13.1 Å². The van der Waals surface area contributed by atoms with E-state index in [2.05, 4.69) is 38.7 Å². The summed E-state index contributed by atoms with van der Waals surface area (Å²) in [6, 6.07) is 2.03. The molecule has 0 aliphatic carbocycles. The zero-order valence-corrected chi connectivity index (χ0v) is 15.3. The molecule has 2 atom stereocenters. The van der Waals surface area contributed by atoms with E-state index in [9.17, 15) is 9.90 Å².